The van der Waals surface area contributed by atoms with Gasteiger partial charge in [0, 0.05) is 43.1 Å². The Morgan fingerprint density at radius 2 is 1.06 bits per heavy atom. The Balaban J connectivity index is 2.19. The van der Waals surface area contributed by atoms with Crippen LogP contribution < -0.4 is 9.80 Å². The van der Waals surface area contributed by atoms with Crippen LogP contribution in [0.5, 0.6) is 0 Å². The van der Waals surface area contributed by atoms with Crippen molar-refractivity contribution in [2.75, 3.05) is 36.0 Å². The molecule has 0 aliphatic rings. The molecule has 3 aromatic rings. The van der Waals surface area contributed by atoms with Crippen molar-refractivity contribution in [3.05, 3.63) is 94.5 Å². The van der Waals surface area contributed by atoms with Gasteiger partial charge in [-0.3, -0.25) is 0 Å². The number of hydrogen-bond acceptors (Lipinski definition) is 4. The van der Waals surface area contributed by atoms with Crippen LogP contribution in [0.25, 0.3) is 0 Å². The van der Waals surface area contributed by atoms with Gasteiger partial charge in [-0.05, 0) is 88.1 Å². The molecule has 0 amide bonds. The minimum absolute atomic E-state index is 0.486. The van der Waals surface area contributed by atoms with E-state index in [2.05, 4.69) is 87.7 Å². The molecular formula is C30H40N2O2. The lowest BCUT2D eigenvalue weighted by molar-refractivity contribution is -0.180. The second-order valence-electron chi connectivity index (χ2n) is 8.95. The van der Waals surface area contributed by atoms with Crippen LogP contribution in [0.15, 0.2) is 66.7 Å². The van der Waals surface area contributed by atoms with E-state index in [4.69, 9.17) is 0 Å². The van der Waals surface area contributed by atoms with E-state index >= 15 is 0 Å². The predicted octanol–water partition coefficient (Wildman–Crippen LogP) is 5.97. The molecule has 0 aliphatic heterocycles. The van der Waals surface area contributed by atoms with Gasteiger partial charge in [0.1, 0.15) is 0 Å². The molecule has 0 fully saturated rings. The van der Waals surface area contributed by atoms with Gasteiger partial charge in [0.25, 0.3) is 0 Å². The molecule has 182 valence electrons. The topological polar surface area (TPSA) is 46.9 Å². The summed E-state index contributed by atoms with van der Waals surface area (Å²) < 4.78 is 0. The number of hydrogen-bond donors (Lipinski definition) is 2. The van der Waals surface area contributed by atoms with Gasteiger partial charge in [-0.15, -0.1) is 0 Å². The Labute approximate surface area is 205 Å². The van der Waals surface area contributed by atoms with Crippen molar-refractivity contribution in [1.29, 1.82) is 0 Å². The van der Waals surface area contributed by atoms with Gasteiger partial charge in [-0.25, -0.2) is 0 Å². The van der Waals surface area contributed by atoms with Gasteiger partial charge in [-0.2, -0.15) is 0 Å². The highest BCUT2D eigenvalue weighted by molar-refractivity contribution is 5.57. The first-order valence-electron chi connectivity index (χ1n) is 12.5. The Hall–Kier alpha value is -2.82. The molecule has 0 heterocycles. The second-order valence-corrected chi connectivity index (χ2v) is 8.95. The Bertz CT molecular complexity index is 1010. The predicted molar refractivity (Wildman–Crippen MR) is 144 cm³/mol. The highest BCUT2D eigenvalue weighted by Gasteiger charge is 2.40. The van der Waals surface area contributed by atoms with E-state index in [1.807, 2.05) is 18.2 Å². The zero-order valence-electron chi connectivity index (χ0n) is 21.5. The fourth-order valence-corrected chi connectivity index (χ4v) is 4.99. The number of aryl methyl sites for hydroxylation is 2. The van der Waals surface area contributed by atoms with Crippen LogP contribution in [-0.4, -0.2) is 36.4 Å². The molecule has 3 rings (SSSR count). The van der Waals surface area contributed by atoms with E-state index in [-0.39, 0.29) is 0 Å². The van der Waals surface area contributed by atoms with Crippen LogP contribution in [0.3, 0.4) is 0 Å². The van der Waals surface area contributed by atoms with Crippen molar-refractivity contribution >= 4 is 11.4 Å². The summed E-state index contributed by atoms with van der Waals surface area (Å²) in [7, 11) is 0. The third-order valence-electron chi connectivity index (χ3n) is 6.99. The molecule has 0 spiro atoms. The molecule has 0 bridgehead atoms. The van der Waals surface area contributed by atoms with Crippen molar-refractivity contribution in [3.8, 4) is 0 Å². The first kappa shape index (κ1) is 25.8. The van der Waals surface area contributed by atoms with E-state index in [1.54, 1.807) is 12.1 Å². The zero-order valence-corrected chi connectivity index (χ0v) is 21.5. The van der Waals surface area contributed by atoms with Gasteiger partial charge < -0.3 is 20.0 Å². The van der Waals surface area contributed by atoms with Crippen molar-refractivity contribution in [2.24, 2.45) is 0 Å². The lowest BCUT2D eigenvalue weighted by Gasteiger charge is -2.35. The van der Waals surface area contributed by atoms with Crippen molar-refractivity contribution in [2.45, 2.75) is 53.2 Å². The van der Waals surface area contributed by atoms with Gasteiger partial charge >= 0.3 is 0 Å². The average Bonchev–Trinajstić information content (AvgIpc) is 2.84. The van der Waals surface area contributed by atoms with Gasteiger partial charge in [-0.1, -0.05) is 42.5 Å². The number of aliphatic hydroxyl groups is 2. The maximum absolute atomic E-state index is 11.7. The summed E-state index contributed by atoms with van der Waals surface area (Å²) in [5.74, 6) is -2.70. The lowest BCUT2D eigenvalue weighted by atomic mass is 9.77. The minimum Gasteiger partial charge on any atom is -0.372 e. The van der Waals surface area contributed by atoms with E-state index < -0.39 is 11.7 Å². The Morgan fingerprint density at radius 1 is 0.647 bits per heavy atom. The Morgan fingerprint density at radius 3 is 1.41 bits per heavy atom. The molecule has 0 atom stereocenters. The van der Waals surface area contributed by atoms with Crippen LogP contribution in [0.4, 0.5) is 11.4 Å². The van der Waals surface area contributed by atoms with Gasteiger partial charge in [0.05, 0.1) is 5.92 Å². The monoisotopic (exact) mass is 460 g/mol. The molecule has 0 unspecified atom stereocenters. The van der Waals surface area contributed by atoms with E-state index in [1.165, 1.54) is 0 Å². The smallest absolute Gasteiger partial charge is 0.201 e. The molecule has 4 nitrogen and oxygen atoms in total. The van der Waals surface area contributed by atoms with Crippen LogP contribution >= 0.6 is 0 Å². The molecular weight excluding hydrogens is 420 g/mol. The maximum Gasteiger partial charge on any atom is 0.201 e. The van der Waals surface area contributed by atoms with E-state index in [0.717, 1.165) is 59.8 Å². The molecule has 2 N–H and O–H groups in total. The quantitative estimate of drug-likeness (QED) is 0.366. The van der Waals surface area contributed by atoms with Crippen LogP contribution in [0.1, 0.15) is 61.4 Å². The molecule has 3 aromatic carbocycles. The number of benzene rings is 3. The van der Waals surface area contributed by atoms with Crippen molar-refractivity contribution in [1.82, 2.24) is 0 Å². The first-order chi connectivity index (χ1) is 16.3. The summed E-state index contributed by atoms with van der Waals surface area (Å²) >= 11 is 0. The molecule has 0 radical (unpaired) electrons. The maximum atomic E-state index is 11.7. The summed E-state index contributed by atoms with van der Waals surface area (Å²) in [6, 6.07) is 21.8. The second kappa shape index (κ2) is 11.1. The zero-order chi connectivity index (χ0) is 24.9. The molecule has 34 heavy (non-hydrogen) atoms. The van der Waals surface area contributed by atoms with Crippen LogP contribution in [0.2, 0.25) is 0 Å². The molecule has 0 saturated carbocycles. The fourth-order valence-electron chi connectivity index (χ4n) is 4.99. The van der Waals surface area contributed by atoms with Crippen LogP contribution in [-0.2, 0) is 5.79 Å². The standard InChI is InChI=1S/C30H40N2O2/c1-7-31(8-2)25-16-18-27(22(5)20-25)29(30(33,34)24-14-12-11-13-15-24)28-19-17-26(21-23(28)6)32(9-3)10-4/h11-21,29,33-34H,7-10H2,1-6H3. The number of anilines is 2. The summed E-state index contributed by atoms with van der Waals surface area (Å²) in [6.07, 6.45) is 0. The molecule has 0 saturated heterocycles. The van der Waals surface area contributed by atoms with Crippen LogP contribution in [0, 0.1) is 13.8 Å². The third kappa shape index (κ3) is 5.13. The molecule has 4 heteroatoms. The van der Waals surface area contributed by atoms with Crippen molar-refractivity contribution < 1.29 is 10.2 Å². The molecule has 0 aliphatic carbocycles. The largest absolute Gasteiger partial charge is 0.372 e. The summed E-state index contributed by atoms with van der Waals surface area (Å²) in [5, 5.41) is 23.4. The third-order valence-corrected chi connectivity index (χ3v) is 6.99. The average molecular weight is 461 g/mol. The SMILES string of the molecule is CCN(CC)c1ccc(C(c2ccc(N(CC)CC)cc2C)C(O)(O)c2ccccc2)c(C)c1. The van der Waals surface area contributed by atoms with Gasteiger partial charge in [0.15, 0.2) is 0 Å². The summed E-state index contributed by atoms with van der Waals surface area (Å²) in [4.78, 5) is 4.61. The summed E-state index contributed by atoms with van der Waals surface area (Å²) in [5.41, 5.74) is 6.72. The first-order valence-corrected chi connectivity index (χ1v) is 12.5. The van der Waals surface area contributed by atoms with E-state index in [9.17, 15) is 10.2 Å². The number of rotatable bonds is 10. The fraction of sp³-hybridized carbons (Fsp3) is 0.400. The number of nitrogens with zero attached hydrogens (tertiary/aromatic N) is 2. The normalized spacial score (nSPS) is 11.7. The van der Waals surface area contributed by atoms with Gasteiger partial charge in [0.2, 0.25) is 5.79 Å². The minimum atomic E-state index is -2.07. The van der Waals surface area contributed by atoms with E-state index in [0.29, 0.717) is 5.56 Å². The highest BCUT2D eigenvalue weighted by Crippen LogP contribution is 2.43. The lowest BCUT2D eigenvalue weighted by Crippen LogP contribution is -2.35. The molecule has 0 aromatic heterocycles. The van der Waals surface area contributed by atoms with Crippen molar-refractivity contribution in [3.63, 3.8) is 0 Å². The summed E-state index contributed by atoms with van der Waals surface area (Å²) in [6.45, 7) is 16.5. The Kier molecular flexibility index (Phi) is 8.40. The highest BCUT2D eigenvalue weighted by atomic mass is 16.5.